The lowest BCUT2D eigenvalue weighted by molar-refractivity contribution is -0.105. The number of benzene rings is 2. The summed E-state index contributed by atoms with van der Waals surface area (Å²) in [6.45, 7) is 4.16. The van der Waals surface area contributed by atoms with Crippen LogP contribution in [0.5, 0.6) is 11.5 Å². The Labute approximate surface area is 166 Å². The molecule has 0 bridgehead atoms. The number of rotatable bonds is 5. The van der Waals surface area contributed by atoms with Gasteiger partial charge in [-0.3, -0.25) is 9.89 Å². The van der Waals surface area contributed by atoms with Crippen molar-refractivity contribution in [2.75, 3.05) is 6.61 Å². The molecule has 0 radical (unpaired) electrons. The third-order valence-corrected chi connectivity index (χ3v) is 4.97. The molecule has 1 aliphatic rings. The number of aromatic nitrogens is 2. The van der Waals surface area contributed by atoms with Gasteiger partial charge in [-0.15, -0.1) is 0 Å². The number of nitrogens with zero attached hydrogens (tertiary/aromatic N) is 1. The number of fused-ring (bicyclic) bond motifs is 2. The predicted molar refractivity (Wildman–Crippen MR) is 105 cm³/mol. The van der Waals surface area contributed by atoms with E-state index in [2.05, 4.69) is 10.2 Å². The van der Waals surface area contributed by atoms with Crippen LogP contribution in [0.4, 0.5) is 4.39 Å². The van der Waals surface area contributed by atoms with E-state index in [0.717, 1.165) is 16.5 Å². The summed E-state index contributed by atoms with van der Waals surface area (Å²) in [4.78, 5) is 10.9. The highest BCUT2D eigenvalue weighted by Gasteiger charge is 2.22. The van der Waals surface area contributed by atoms with Crippen molar-refractivity contribution < 1.29 is 18.7 Å². The van der Waals surface area contributed by atoms with Gasteiger partial charge in [0.1, 0.15) is 36.3 Å². The lowest BCUT2D eigenvalue weighted by Gasteiger charge is -2.24. The summed E-state index contributed by atoms with van der Waals surface area (Å²) in [7, 11) is 0. The van der Waals surface area contributed by atoms with Crippen LogP contribution in [-0.2, 0) is 4.79 Å². The molecule has 28 heavy (non-hydrogen) atoms. The number of H-pyrrole nitrogens is 1. The number of aldehydes is 1. The second-order valence-electron chi connectivity index (χ2n) is 7.04. The fraction of sp³-hybridized carbons (Fsp3) is 0.238. The van der Waals surface area contributed by atoms with Gasteiger partial charge in [-0.25, -0.2) is 4.39 Å². The first-order chi connectivity index (χ1) is 13.5. The zero-order chi connectivity index (χ0) is 19.8. The number of aromatic amines is 1. The molecule has 2 aromatic carbocycles. The molecule has 3 aromatic rings. The molecule has 0 aliphatic carbocycles. The first kappa shape index (κ1) is 18.5. The van der Waals surface area contributed by atoms with E-state index >= 15 is 0 Å². The van der Waals surface area contributed by atoms with E-state index in [1.165, 1.54) is 12.1 Å². The number of hydrogen-bond donors (Lipinski definition) is 1. The Hall–Kier alpha value is -2.86. The minimum Gasteiger partial charge on any atom is -0.488 e. The molecule has 1 atom stereocenters. The predicted octanol–water partition coefficient (Wildman–Crippen LogP) is 5.11. The quantitative estimate of drug-likeness (QED) is 0.605. The molecule has 7 heteroatoms. The van der Waals surface area contributed by atoms with E-state index in [9.17, 15) is 9.18 Å². The highest BCUT2D eigenvalue weighted by atomic mass is 35.5. The maximum Gasteiger partial charge on any atom is 0.158 e. The van der Waals surface area contributed by atoms with Crippen LogP contribution < -0.4 is 9.47 Å². The van der Waals surface area contributed by atoms with Crippen molar-refractivity contribution >= 4 is 34.9 Å². The normalized spacial score (nSPS) is 14.4. The van der Waals surface area contributed by atoms with Gasteiger partial charge in [-0.05, 0) is 29.7 Å². The van der Waals surface area contributed by atoms with Crippen LogP contribution in [0.15, 0.2) is 35.9 Å². The summed E-state index contributed by atoms with van der Waals surface area (Å²) in [6, 6.07) is 8.72. The number of carbonyl (C=O) groups is 1. The van der Waals surface area contributed by atoms with Crippen LogP contribution in [0, 0.1) is 11.7 Å². The molecule has 2 heterocycles. The van der Waals surface area contributed by atoms with Crippen LogP contribution in [0.25, 0.3) is 17.0 Å². The van der Waals surface area contributed by atoms with Crippen molar-refractivity contribution in [2.45, 2.75) is 20.0 Å². The second kappa shape index (κ2) is 7.28. The number of nitrogens with one attached hydrogen (secondary N) is 1. The van der Waals surface area contributed by atoms with Crippen molar-refractivity contribution in [1.29, 1.82) is 0 Å². The van der Waals surface area contributed by atoms with Gasteiger partial charge in [0.05, 0.1) is 11.1 Å². The maximum atomic E-state index is 14.6. The van der Waals surface area contributed by atoms with E-state index in [0.29, 0.717) is 28.5 Å². The van der Waals surface area contributed by atoms with Crippen molar-refractivity contribution in [3.63, 3.8) is 0 Å². The molecule has 0 saturated heterocycles. The largest absolute Gasteiger partial charge is 0.488 e. The second-order valence-corrected chi connectivity index (χ2v) is 7.40. The number of hydrogen-bond acceptors (Lipinski definition) is 4. The molecule has 0 saturated carbocycles. The Balaban J connectivity index is 1.69. The van der Waals surface area contributed by atoms with Crippen LogP contribution in [0.2, 0.25) is 5.15 Å². The topological polar surface area (TPSA) is 64.2 Å². The van der Waals surface area contributed by atoms with Crippen molar-refractivity contribution in [3.05, 3.63) is 58.0 Å². The van der Waals surface area contributed by atoms with Crippen LogP contribution in [0.1, 0.15) is 31.1 Å². The fourth-order valence-electron chi connectivity index (χ4n) is 3.26. The SMILES string of the molecule is CC(C)C(Oc1cc(F)c2c(c1)OCC(C=O)=C2)c1ccc2[nH]nc(Cl)c2c1. The average molecular weight is 401 g/mol. The minimum atomic E-state index is -0.498. The summed E-state index contributed by atoms with van der Waals surface area (Å²) < 4.78 is 26.2. The molecule has 0 fully saturated rings. The molecule has 0 spiro atoms. The molecule has 144 valence electrons. The minimum absolute atomic E-state index is 0.114. The first-order valence-corrected chi connectivity index (χ1v) is 9.26. The molecular weight excluding hydrogens is 383 g/mol. The van der Waals surface area contributed by atoms with Gasteiger partial charge >= 0.3 is 0 Å². The Kier molecular flexibility index (Phi) is 4.81. The van der Waals surface area contributed by atoms with E-state index < -0.39 is 5.82 Å². The Morgan fingerprint density at radius 3 is 2.89 bits per heavy atom. The van der Waals surface area contributed by atoms with Gasteiger partial charge < -0.3 is 9.47 Å². The Morgan fingerprint density at radius 1 is 1.32 bits per heavy atom. The van der Waals surface area contributed by atoms with E-state index in [1.54, 1.807) is 6.07 Å². The lowest BCUT2D eigenvalue weighted by Crippen LogP contribution is -2.15. The van der Waals surface area contributed by atoms with Gasteiger partial charge in [0.15, 0.2) is 5.15 Å². The highest BCUT2D eigenvalue weighted by Crippen LogP contribution is 2.36. The first-order valence-electron chi connectivity index (χ1n) is 8.88. The molecule has 4 rings (SSSR count). The summed E-state index contributed by atoms with van der Waals surface area (Å²) in [5.41, 5.74) is 2.40. The average Bonchev–Trinajstić information content (AvgIpc) is 3.06. The van der Waals surface area contributed by atoms with Crippen molar-refractivity contribution in [2.24, 2.45) is 5.92 Å². The van der Waals surface area contributed by atoms with E-state index in [-0.39, 0.29) is 24.2 Å². The number of carbonyl (C=O) groups excluding carboxylic acids is 1. The molecule has 1 unspecified atom stereocenters. The number of halogens is 2. The Morgan fingerprint density at radius 2 is 2.14 bits per heavy atom. The smallest absolute Gasteiger partial charge is 0.158 e. The fourth-order valence-corrected chi connectivity index (χ4v) is 3.46. The zero-order valence-corrected chi connectivity index (χ0v) is 16.1. The van der Waals surface area contributed by atoms with E-state index in [1.807, 2.05) is 32.0 Å². The number of ether oxygens (including phenoxy) is 2. The van der Waals surface area contributed by atoms with Gasteiger partial charge in [-0.1, -0.05) is 31.5 Å². The molecule has 1 N–H and O–H groups in total. The zero-order valence-electron chi connectivity index (χ0n) is 15.3. The molecule has 1 aliphatic heterocycles. The third kappa shape index (κ3) is 3.36. The van der Waals surface area contributed by atoms with Crippen LogP contribution in [-0.4, -0.2) is 23.1 Å². The lowest BCUT2D eigenvalue weighted by atomic mass is 9.97. The van der Waals surface area contributed by atoms with Gasteiger partial charge in [0.2, 0.25) is 0 Å². The Bertz CT molecular complexity index is 1090. The van der Waals surface area contributed by atoms with Crippen molar-refractivity contribution in [1.82, 2.24) is 10.2 Å². The van der Waals surface area contributed by atoms with Gasteiger partial charge in [-0.2, -0.15) is 5.10 Å². The van der Waals surface area contributed by atoms with Crippen LogP contribution >= 0.6 is 11.6 Å². The molecule has 5 nitrogen and oxygen atoms in total. The highest BCUT2D eigenvalue weighted by molar-refractivity contribution is 6.34. The van der Waals surface area contributed by atoms with Gasteiger partial charge in [0.25, 0.3) is 0 Å². The summed E-state index contributed by atoms with van der Waals surface area (Å²) in [5, 5.41) is 8.06. The monoisotopic (exact) mass is 400 g/mol. The molecular formula is C21H18ClFN2O3. The molecule has 1 aromatic heterocycles. The third-order valence-electron chi connectivity index (χ3n) is 4.68. The molecule has 0 amide bonds. The summed E-state index contributed by atoms with van der Waals surface area (Å²) in [5.74, 6) is 0.333. The van der Waals surface area contributed by atoms with Crippen LogP contribution in [0.3, 0.4) is 0 Å². The van der Waals surface area contributed by atoms with Gasteiger partial charge in [0, 0.05) is 23.1 Å². The van der Waals surface area contributed by atoms with E-state index in [4.69, 9.17) is 21.1 Å². The van der Waals surface area contributed by atoms with Crippen molar-refractivity contribution in [3.8, 4) is 11.5 Å². The standard InChI is InChI=1S/C21H18ClFN2O3/c1-11(2)20(13-3-4-18-16(6-13)21(22)25-24-18)28-14-7-17(23)15-5-12(9-26)10-27-19(15)8-14/h3-9,11,20H,10H2,1-2H3,(H,24,25). The summed E-state index contributed by atoms with van der Waals surface area (Å²) in [6.07, 6.45) is 1.84. The maximum absolute atomic E-state index is 14.6. The summed E-state index contributed by atoms with van der Waals surface area (Å²) >= 11 is 6.13.